The Balaban J connectivity index is 2.41. The molecule has 9 heavy (non-hydrogen) atoms. The topological polar surface area (TPSA) is 32.3 Å². The zero-order valence-corrected chi connectivity index (χ0v) is 5.52. The Morgan fingerprint density at radius 2 is 2.44 bits per heavy atom. The van der Waals surface area contributed by atoms with Gasteiger partial charge in [0, 0.05) is 19.5 Å². The summed E-state index contributed by atoms with van der Waals surface area (Å²) in [6.45, 7) is 2.39. The summed E-state index contributed by atoms with van der Waals surface area (Å²) in [7, 11) is 0. The third kappa shape index (κ3) is 1.91. The van der Waals surface area contributed by atoms with Crippen molar-refractivity contribution >= 4 is 0 Å². The van der Waals surface area contributed by atoms with Crippen molar-refractivity contribution in [2.45, 2.75) is 25.1 Å². The molecule has 0 radical (unpaired) electrons. The number of aliphatic hydroxyl groups is 1. The van der Waals surface area contributed by atoms with Crippen LogP contribution in [0.3, 0.4) is 0 Å². The lowest BCUT2D eigenvalue weighted by atomic mass is 9.97. The van der Waals surface area contributed by atoms with E-state index in [-0.39, 0.29) is 6.42 Å². The van der Waals surface area contributed by atoms with Gasteiger partial charge in [-0.3, -0.25) is 0 Å². The number of nitrogens with one attached hydrogen (secondary N) is 1. The van der Waals surface area contributed by atoms with Crippen LogP contribution in [0.5, 0.6) is 0 Å². The average molecular weight is 133 g/mol. The minimum absolute atomic E-state index is 0.264. The predicted octanol–water partition coefficient (Wildman–Crippen LogP) is 0.0688. The summed E-state index contributed by atoms with van der Waals surface area (Å²) in [5.74, 6) is 0. The van der Waals surface area contributed by atoms with Crippen molar-refractivity contribution in [3.8, 4) is 0 Å². The molecule has 1 unspecified atom stereocenters. The highest BCUT2D eigenvalue weighted by molar-refractivity contribution is 4.85. The second-order valence-corrected chi connectivity index (χ2v) is 2.90. The Hall–Kier alpha value is -0.150. The smallest absolute Gasteiger partial charge is 0.123 e. The molecule has 2 atom stereocenters. The van der Waals surface area contributed by atoms with Crippen molar-refractivity contribution in [3.63, 3.8) is 0 Å². The lowest BCUT2D eigenvalue weighted by molar-refractivity contribution is 0.0434. The number of alkyl halides is 1. The maximum Gasteiger partial charge on any atom is 0.123 e. The fourth-order valence-corrected chi connectivity index (χ4v) is 1.14. The highest BCUT2D eigenvalue weighted by Crippen LogP contribution is 2.19. The molecule has 2 N–H and O–H groups in total. The SMILES string of the molecule is CC1(F)CNC[C@@H](O)C1. The molecule has 54 valence electrons. The van der Waals surface area contributed by atoms with Gasteiger partial charge in [0.25, 0.3) is 0 Å². The first kappa shape index (κ1) is 6.96. The molecule has 0 aromatic rings. The Bertz CT molecular complexity index is 105. The molecule has 1 aliphatic heterocycles. The van der Waals surface area contributed by atoms with Gasteiger partial charge < -0.3 is 10.4 Å². The zero-order chi connectivity index (χ0) is 6.91. The molecule has 0 saturated carbocycles. The van der Waals surface area contributed by atoms with E-state index in [9.17, 15) is 4.39 Å². The van der Waals surface area contributed by atoms with Crippen LogP contribution < -0.4 is 5.32 Å². The number of halogens is 1. The number of hydrogen-bond acceptors (Lipinski definition) is 2. The minimum atomic E-state index is -1.21. The lowest BCUT2D eigenvalue weighted by Gasteiger charge is -2.29. The van der Waals surface area contributed by atoms with Crippen LogP contribution in [0, 0.1) is 0 Å². The molecule has 0 spiro atoms. The Labute approximate surface area is 54.1 Å². The van der Waals surface area contributed by atoms with E-state index in [2.05, 4.69) is 5.32 Å². The van der Waals surface area contributed by atoms with E-state index in [0.29, 0.717) is 13.1 Å². The van der Waals surface area contributed by atoms with Gasteiger partial charge in [0.05, 0.1) is 6.10 Å². The van der Waals surface area contributed by atoms with Crippen molar-refractivity contribution in [1.82, 2.24) is 5.32 Å². The second kappa shape index (κ2) is 2.23. The predicted molar refractivity (Wildman–Crippen MR) is 33.0 cm³/mol. The van der Waals surface area contributed by atoms with Crippen LogP contribution >= 0.6 is 0 Å². The molecule has 0 aliphatic carbocycles. The molecule has 0 aromatic carbocycles. The first-order valence-corrected chi connectivity index (χ1v) is 3.18. The summed E-state index contributed by atoms with van der Waals surface area (Å²) in [5, 5.41) is 11.7. The maximum absolute atomic E-state index is 12.9. The second-order valence-electron chi connectivity index (χ2n) is 2.90. The zero-order valence-electron chi connectivity index (χ0n) is 5.52. The van der Waals surface area contributed by atoms with Crippen LogP contribution in [-0.4, -0.2) is 30.0 Å². The number of β-amino-alcohol motifs (C(OH)–C–C–N with tert-alkyl or cyclic N) is 1. The molecule has 1 fully saturated rings. The summed E-state index contributed by atoms with van der Waals surface area (Å²) in [4.78, 5) is 0. The molecular weight excluding hydrogens is 121 g/mol. The molecule has 2 nitrogen and oxygen atoms in total. The van der Waals surface area contributed by atoms with Crippen LogP contribution in [0.25, 0.3) is 0 Å². The fraction of sp³-hybridized carbons (Fsp3) is 1.00. The summed E-state index contributed by atoms with van der Waals surface area (Å²) < 4.78 is 12.9. The number of rotatable bonds is 0. The number of hydrogen-bond donors (Lipinski definition) is 2. The molecule has 1 heterocycles. The standard InChI is InChI=1S/C6H12FNO/c1-6(7)2-5(9)3-8-4-6/h5,8-9H,2-4H2,1H3/t5-,6?/m0/s1. The van der Waals surface area contributed by atoms with E-state index >= 15 is 0 Å². The fourth-order valence-electron chi connectivity index (χ4n) is 1.14. The Morgan fingerprint density at radius 3 is 2.78 bits per heavy atom. The van der Waals surface area contributed by atoms with Crippen LogP contribution in [0.2, 0.25) is 0 Å². The van der Waals surface area contributed by atoms with Crippen molar-refractivity contribution in [2.75, 3.05) is 13.1 Å². The maximum atomic E-state index is 12.9. The summed E-state index contributed by atoms with van der Waals surface area (Å²) in [6.07, 6.45) is -0.242. The monoisotopic (exact) mass is 133 g/mol. The van der Waals surface area contributed by atoms with Crippen molar-refractivity contribution in [3.05, 3.63) is 0 Å². The van der Waals surface area contributed by atoms with Crippen LogP contribution in [0.4, 0.5) is 4.39 Å². The molecule has 1 rings (SSSR count). The van der Waals surface area contributed by atoms with E-state index in [1.165, 1.54) is 6.92 Å². The van der Waals surface area contributed by atoms with Gasteiger partial charge in [0.1, 0.15) is 5.67 Å². The number of piperidine rings is 1. The van der Waals surface area contributed by atoms with Gasteiger partial charge >= 0.3 is 0 Å². The molecule has 3 heteroatoms. The van der Waals surface area contributed by atoms with Gasteiger partial charge in [-0.2, -0.15) is 0 Å². The quantitative estimate of drug-likeness (QED) is 0.490. The van der Waals surface area contributed by atoms with Gasteiger partial charge in [-0.25, -0.2) is 4.39 Å². The minimum Gasteiger partial charge on any atom is -0.392 e. The van der Waals surface area contributed by atoms with Crippen LogP contribution in [0.15, 0.2) is 0 Å². The summed E-state index contributed by atoms with van der Waals surface area (Å²) >= 11 is 0. The summed E-state index contributed by atoms with van der Waals surface area (Å²) in [6, 6.07) is 0. The van der Waals surface area contributed by atoms with E-state index in [0.717, 1.165) is 0 Å². The Morgan fingerprint density at radius 1 is 1.78 bits per heavy atom. The first-order chi connectivity index (χ1) is 4.10. The lowest BCUT2D eigenvalue weighted by Crippen LogP contribution is -2.47. The summed E-state index contributed by atoms with van der Waals surface area (Å²) in [5.41, 5.74) is -1.21. The van der Waals surface area contributed by atoms with Crippen LogP contribution in [0.1, 0.15) is 13.3 Å². The Kier molecular flexibility index (Phi) is 1.73. The van der Waals surface area contributed by atoms with E-state index in [1.807, 2.05) is 0 Å². The molecule has 1 aliphatic rings. The van der Waals surface area contributed by atoms with E-state index in [1.54, 1.807) is 0 Å². The molecule has 0 bridgehead atoms. The van der Waals surface area contributed by atoms with Gasteiger partial charge in [-0.1, -0.05) is 0 Å². The van der Waals surface area contributed by atoms with Gasteiger partial charge in [-0.15, -0.1) is 0 Å². The first-order valence-electron chi connectivity index (χ1n) is 3.18. The van der Waals surface area contributed by atoms with Gasteiger partial charge in [-0.05, 0) is 6.92 Å². The molecule has 1 saturated heterocycles. The highest BCUT2D eigenvalue weighted by Gasteiger charge is 2.30. The van der Waals surface area contributed by atoms with Crippen molar-refractivity contribution in [1.29, 1.82) is 0 Å². The third-order valence-electron chi connectivity index (χ3n) is 1.53. The third-order valence-corrected chi connectivity index (χ3v) is 1.53. The van der Waals surface area contributed by atoms with Gasteiger partial charge in [0.2, 0.25) is 0 Å². The van der Waals surface area contributed by atoms with Crippen molar-refractivity contribution < 1.29 is 9.50 Å². The average Bonchev–Trinajstić information content (AvgIpc) is 1.60. The van der Waals surface area contributed by atoms with Crippen LogP contribution in [-0.2, 0) is 0 Å². The molecule has 0 amide bonds. The molecular formula is C6H12FNO. The van der Waals surface area contributed by atoms with Gasteiger partial charge in [0.15, 0.2) is 0 Å². The number of aliphatic hydroxyl groups excluding tert-OH is 1. The van der Waals surface area contributed by atoms with E-state index < -0.39 is 11.8 Å². The van der Waals surface area contributed by atoms with Crippen molar-refractivity contribution in [2.24, 2.45) is 0 Å². The highest BCUT2D eigenvalue weighted by atomic mass is 19.1. The largest absolute Gasteiger partial charge is 0.392 e. The van der Waals surface area contributed by atoms with E-state index in [4.69, 9.17) is 5.11 Å². The molecule has 0 aromatic heterocycles. The normalized spacial score (nSPS) is 45.0.